The van der Waals surface area contributed by atoms with Gasteiger partial charge in [-0.25, -0.2) is 9.97 Å². The third-order valence-electron chi connectivity index (χ3n) is 9.96. The summed E-state index contributed by atoms with van der Waals surface area (Å²) in [7, 11) is 0. The Morgan fingerprint density at radius 1 is 1.16 bits per heavy atom. The maximum absolute atomic E-state index is 13.0. The molecule has 0 radical (unpaired) electrons. The molecule has 7 rings (SSSR count). The normalized spacial score (nSPS) is 20.0. The van der Waals surface area contributed by atoms with Crippen molar-refractivity contribution in [1.29, 1.82) is 5.26 Å². The highest BCUT2D eigenvalue weighted by molar-refractivity contribution is 7.18. The fourth-order valence-corrected chi connectivity index (χ4v) is 8.36. The Labute approximate surface area is 291 Å². The van der Waals surface area contributed by atoms with Crippen molar-refractivity contribution in [3.63, 3.8) is 0 Å². The molecule has 50 heavy (non-hydrogen) atoms. The summed E-state index contributed by atoms with van der Waals surface area (Å²) < 4.78 is 40.9. The van der Waals surface area contributed by atoms with E-state index in [9.17, 15) is 28.3 Å². The van der Waals surface area contributed by atoms with Gasteiger partial charge < -0.3 is 20.3 Å². The van der Waals surface area contributed by atoms with Crippen molar-refractivity contribution in [3.05, 3.63) is 94.8 Å². The van der Waals surface area contributed by atoms with Crippen molar-refractivity contribution in [2.24, 2.45) is 0 Å². The Morgan fingerprint density at radius 2 is 1.94 bits per heavy atom. The number of anilines is 2. The summed E-state index contributed by atoms with van der Waals surface area (Å²) in [6, 6.07) is 17.3. The standard InChI is InChI=1S/C37H36F3N7O2S/c1-3-33(48)44-26-6-4-5-24(13-26)36(49)16-28(17-36)47-27(19-41)14-30-22(2)23(7-8-32(30)47)20-46-11-9-25(10-12-46)45-34-31-15-29(18-37(38,39)40)50-35(31)43-21-42-34/h3-8,13-15,21,25,28,49H,1,9-12,16-18,20H2,2H3,(H,44,48)(H,42,43,45). The van der Waals surface area contributed by atoms with E-state index in [4.69, 9.17) is 0 Å². The van der Waals surface area contributed by atoms with E-state index in [1.54, 1.807) is 24.3 Å². The monoisotopic (exact) mass is 699 g/mol. The fraction of sp³-hybridized carbons (Fsp3) is 0.351. The van der Waals surface area contributed by atoms with Crippen LogP contribution in [0.2, 0.25) is 0 Å². The summed E-state index contributed by atoms with van der Waals surface area (Å²) in [6.07, 6.45) is -0.0557. The second kappa shape index (κ2) is 13.2. The average Bonchev–Trinajstić information content (AvgIpc) is 3.66. The number of carbonyl (C=O) groups is 1. The minimum atomic E-state index is -4.27. The molecule has 1 saturated heterocycles. The summed E-state index contributed by atoms with van der Waals surface area (Å²) in [5, 5.41) is 29.4. The number of carbonyl (C=O) groups excluding carboxylic acids is 1. The predicted molar refractivity (Wildman–Crippen MR) is 188 cm³/mol. The van der Waals surface area contributed by atoms with E-state index in [0.29, 0.717) is 40.3 Å². The molecule has 5 aromatic rings. The van der Waals surface area contributed by atoms with E-state index in [1.165, 1.54) is 18.0 Å². The molecule has 258 valence electrons. The topological polar surface area (TPSA) is 119 Å². The van der Waals surface area contributed by atoms with Gasteiger partial charge >= 0.3 is 6.18 Å². The molecule has 0 atom stereocenters. The number of aromatic nitrogens is 3. The van der Waals surface area contributed by atoms with Gasteiger partial charge in [0.1, 0.15) is 28.7 Å². The zero-order valence-electron chi connectivity index (χ0n) is 27.4. The number of benzene rings is 2. The molecule has 13 heteroatoms. The van der Waals surface area contributed by atoms with Crippen molar-refractivity contribution >= 4 is 49.9 Å². The number of fused-ring (bicyclic) bond motifs is 2. The van der Waals surface area contributed by atoms with Gasteiger partial charge in [-0.05, 0) is 72.9 Å². The zero-order valence-corrected chi connectivity index (χ0v) is 28.2. The maximum Gasteiger partial charge on any atom is 0.393 e. The van der Waals surface area contributed by atoms with Gasteiger partial charge in [0.05, 0.1) is 17.4 Å². The Bertz CT molecular complexity index is 2140. The van der Waals surface area contributed by atoms with Crippen LogP contribution < -0.4 is 10.6 Å². The number of hydrogen-bond acceptors (Lipinski definition) is 8. The van der Waals surface area contributed by atoms with E-state index in [0.717, 1.165) is 65.8 Å². The van der Waals surface area contributed by atoms with Crippen LogP contribution in [0.25, 0.3) is 21.1 Å². The molecule has 2 aliphatic rings. The summed E-state index contributed by atoms with van der Waals surface area (Å²) >= 11 is 1.05. The summed E-state index contributed by atoms with van der Waals surface area (Å²) in [6.45, 7) is 8.02. The molecule has 3 N–H and O–H groups in total. The Morgan fingerprint density at radius 3 is 2.66 bits per heavy atom. The van der Waals surface area contributed by atoms with Crippen LogP contribution in [0.3, 0.4) is 0 Å². The van der Waals surface area contributed by atoms with Gasteiger partial charge in [-0.1, -0.05) is 24.8 Å². The minimum absolute atomic E-state index is 0.0585. The van der Waals surface area contributed by atoms with Gasteiger partial charge in [-0.3, -0.25) is 9.69 Å². The molecule has 2 aromatic carbocycles. The fourth-order valence-electron chi connectivity index (χ4n) is 7.33. The second-order valence-corrected chi connectivity index (χ2v) is 14.4. The first-order chi connectivity index (χ1) is 23.9. The number of alkyl halides is 3. The summed E-state index contributed by atoms with van der Waals surface area (Å²) in [5.41, 5.74) is 4.06. The second-order valence-electron chi connectivity index (χ2n) is 13.3. The van der Waals surface area contributed by atoms with Crippen LogP contribution in [0.1, 0.15) is 59.0 Å². The van der Waals surface area contributed by atoms with Crippen molar-refractivity contribution in [2.75, 3.05) is 23.7 Å². The predicted octanol–water partition coefficient (Wildman–Crippen LogP) is 7.35. The Kier molecular flexibility index (Phi) is 8.88. The smallest absolute Gasteiger partial charge is 0.385 e. The SMILES string of the molecule is C=CC(=O)Nc1cccc(C2(O)CC(n3c(C#N)cc4c(C)c(CN5CCC(Nc6ncnc7sc(CC(F)(F)F)cc67)CC5)ccc43)C2)c1. The van der Waals surface area contributed by atoms with E-state index >= 15 is 0 Å². The van der Waals surface area contributed by atoms with E-state index in [1.807, 2.05) is 16.7 Å². The van der Waals surface area contributed by atoms with Crippen molar-refractivity contribution in [1.82, 2.24) is 19.4 Å². The molecule has 2 fully saturated rings. The number of nitrogens with one attached hydrogen (secondary N) is 2. The number of nitriles is 1. The zero-order chi connectivity index (χ0) is 35.2. The largest absolute Gasteiger partial charge is 0.393 e. The number of aryl methyl sites for hydroxylation is 1. The molecule has 3 aromatic heterocycles. The van der Waals surface area contributed by atoms with Crippen LogP contribution in [0.5, 0.6) is 0 Å². The lowest BCUT2D eigenvalue weighted by molar-refractivity contribution is -0.126. The van der Waals surface area contributed by atoms with E-state index < -0.39 is 18.2 Å². The number of rotatable bonds is 9. The average molecular weight is 700 g/mol. The third-order valence-corrected chi connectivity index (χ3v) is 11.0. The number of nitrogens with zero attached hydrogens (tertiary/aromatic N) is 5. The lowest BCUT2D eigenvalue weighted by atomic mass is 9.71. The number of hydrogen-bond donors (Lipinski definition) is 3. The van der Waals surface area contributed by atoms with Crippen LogP contribution in [0.15, 0.2) is 67.5 Å². The van der Waals surface area contributed by atoms with E-state index in [-0.39, 0.29) is 22.9 Å². The summed E-state index contributed by atoms with van der Waals surface area (Å²) in [4.78, 5) is 23.5. The van der Waals surface area contributed by atoms with Gasteiger partial charge in [0.15, 0.2) is 0 Å². The number of likely N-dealkylation sites (tertiary alicyclic amines) is 1. The lowest BCUT2D eigenvalue weighted by Crippen LogP contribution is -2.42. The van der Waals surface area contributed by atoms with Crippen LogP contribution in [0, 0.1) is 18.3 Å². The number of amides is 1. The van der Waals surface area contributed by atoms with Gasteiger partial charge in [-0.2, -0.15) is 18.4 Å². The Hall–Kier alpha value is -4.77. The maximum atomic E-state index is 13.0. The van der Waals surface area contributed by atoms with Crippen LogP contribution in [-0.4, -0.2) is 55.8 Å². The Balaban J connectivity index is 1.01. The first-order valence-corrected chi connectivity index (χ1v) is 17.3. The molecule has 1 aliphatic heterocycles. The van der Waals surface area contributed by atoms with E-state index in [2.05, 4.69) is 57.2 Å². The quantitative estimate of drug-likeness (QED) is 0.138. The third kappa shape index (κ3) is 6.70. The van der Waals surface area contributed by atoms with Gasteiger partial charge in [0, 0.05) is 66.0 Å². The lowest BCUT2D eigenvalue weighted by Gasteiger charge is -2.45. The number of piperidine rings is 1. The number of thiophene rings is 1. The van der Waals surface area contributed by atoms with Crippen LogP contribution >= 0.6 is 11.3 Å². The number of halogens is 3. The molecule has 0 spiro atoms. The minimum Gasteiger partial charge on any atom is -0.385 e. The van der Waals surface area contributed by atoms with Crippen LogP contribution in [-0.2, 0) is 23.4 Å². The molecule has 1 saturated carbocycles. The highest BCUT2D eigenvalue weighted by Gasteiger charge is 2.46. The van der Waals surface area contributed by atoms with Gasteiger partial charge in [0.2, 0.25) is 5.91 Å². The van der Waals surface area contributed by atoms with Crippen molar-refractivity contribution in [2.45, 2.75) is 69.4 Å². The molecular formula is C37H36F3N7O2S. The highest BCUT2D eigenvalue weighted by Crippen LogP contribution is 2.50. The highest BCUT2D eigenvalue weighted by atomic mass is 32.1. The first kappa shape index (κ1) is 33.7. The van der Waals surface area contributed by atoms with Gasteiger partial charge in [0.25, 0.3) is 0 Å². The molecule has 0 unspecified atom stereocenters. The first-order valence-electron chi connectivity index (χ1n) is 16.5. The molecular weight excluding hydrogens is 664 g/mol. The molecule has 0 bridgehead atoms. The molecule has 1 aliphatic carbocycles. The number of aliphatic hydroxyl groups is 1. The van der Waals surface area contributed by atoms with Crippen LogP contribution in [0.4, 0.5) is 24.7 Å². The van der Waals surface area contributed by atoms with Crippen molar-refractivity contribution < 1.29 is 23.1 Å². The van der Waals surface area contributed by atoms with Gasteiger partial charge in [-0.15, -0.1) is 11.3 Å². The molecule has 4 heterocycles. The molecule has 1 amide bonds. The summed E-state index contributed by atoms with van der Waals surface area (Å²) in [5.74, 6) is 0.256. The molecule has 9 nitrogen and oxygen atoms in total. The van der Waals surface area contributed by atoms with Crippen molar-refractivity contribution in [3.8, 4) is 6.07 Å².